The second kappa shape index (κ2) is 3.59. The van der Waals surface area contributed by atoms with Gasteiger partial charge in [-0.15, -0.1) is 0 Å². The highest BCUT2D eigenvalue weighted by Crippen LogP contribution is 2.32. The van der Waals surface area contributed by atoms with Crippen LogP contribution in [0.15, 0.2) is 10.3 Å². The van der Waals surface area contributed by atoms with Gasteiger partial charge in [-0.25, -0.2) is 0 Å². The fourth-order valence-electron chi connectivity index (χ4n) is 1.76. The minimum Gasteiger partial charge on any atom is -0.411 e. The summed E-state index contributed by atoms with van der Waals surface area (Å²) in [5, 5.41) is 23.0. The van der Waals surface area contributed by atoms with Crippen LogP contribution in [0.1, 0.15) is 12.8 Å². The van der Waals surface area contributed by atoms with E-state index in [0.29, 0.717) is 13.2 Å². The highest BCUT2D eigenvalue weighted by molar-refractivity contribution is 6.67. The Hall–Kier alpha value is -1.47. The van der Waals surface area contributed by atoms with Crippen molar-refractivity contribution in [1.29, 1.82) is 0 Å². The van der Waals surface area contributed by atoms with E-state index in [9.17, 15) is 4.79 Å². The van der Waals surface area contributed by atoms with Crippen LogP contribution in [0, 0.1) is 0 Å². The number of hydrogen-bond donors (Lipinski definition) is 2. The zero-order valence-corrected chi connectivity index (χ0v) is 7.84. The van der Waals surface area contributed by atoms with Gasteiger partial charge in [-0.05, 0) is 0 Å². The van der Waals surface area contributed by atoms with Gasteiger partial charge in [-0.3, -0.25) is 4.79 Å². The maximum Gasteiger partial charge on any atom is 0.228 e. The third kappa shape index (κ3) is 1.59. The lowest BCUT2D eigenvalue weighted by Gasteiger charge is -2.30. The molecule has 0 amide bonds. The van der Waals surface area contributed by atoms with Crippen LogP contribution in [-0.2, 0) is 14.3 Å². The fourth-order valence-corrected chi connectivity index (χ4v) is 1.76. The van der Waals surface area contributed by atoms with Crippen LogP contribution >= 0.6 is 0 Å². The molecular formula is C8H10N2O5. The molecule has 1 saturated heterocycles. The minimum atomic E-state index is -1.00. The van der Waals surface area contributed by atoms with E-state index in [1.807, 2.05) is 0 Å². The summed E-state index contributed by atoms with van der Waals surface area (Å²) in [6, 6.07) is 0. The average molecular weight is 214 g/mol. The molecule has 7 heteroatoms. The van der Waals surface area contributed by atoms with E-state index in [-0.39, 0.29) is 24.3 Å². The molecule has 15 heavy (non-hydrogen) atoms. The molecular weight excluding hydrogens is 204 g/mol. The van der Waals surface area contributed by atoms with Gasteiger partial charge in [0.25, 0.3) is 0 Å². The van der Waals surface area contributed by atoms with Crippen molar-refractivity contribution in [2.45, 2.75) is 18.6 Å². The molecule has 1 heterocycles. The van der Waals surface area contributed by atoms with Crippen LogP contribution in [0.2, 0.25) is 0 Å². The largest absolute Gasteiger partial charge is 0.411 e. The average Bonchev–Trinajstić information content (AvgIpc) is 2.70. The van der Waals surface area contributed by atoms with Gasteiger partial charge in [0.2, 0.25) is 5.78 Å². The SMILES string of the molecule is O=C1C(=NO)CC2(CC1=NO)OCCO2. The first-order valence-electron chi connectivity index (χ1n) is 4.45. The van der Waals surface area contributed by atoms with Crippen molar-refractivity contribution in [3.8, 4) is 0 Å². The third-order valence-electron chi connectivity index (χ3n) is 2.45. The van der Waals surface area contributed by atoms with E-state index in [0.717, 1.165) is 0 Å². The van der Waals surface area contributed by atoms with Crippen LogP contribution in [0.4, 0.5) is 0 Å². The molecule has 0 atom stereocenters. The molecule has 0 aromatic carbocycles. The van der Waals surface area contributed by atoms with Crippen LogP contribution in [0.25, 0.3) is 0 Å². The van der Waals surface area contributed by atoms with Crippen LogP contribution in [0.3, 0.4) is 0 Å². The third-order valence-corrected chi connectivity index (χ3v) is 2.45. The monoisotopic (exact) mass is 214 g/mol. The van der Waals surface area contributed by atoms with Gasteiger partial charge in [0.05, 0.1) is 26.1 Å². The summed E-state index contributed by atoms with van der Waals surface area (Å²) >= 11 is 0. The number of hydrogen-bond acceptors (Lipinski definition) is 7. The number of Topliss-reactive ketones (excluding diaryl/α,β-unsaturated/α-hetero) is 1. The zero-order chi connectivity index (χ0) is 10.9. The number of ether oxygens (including phenoxy) is 2. The summed E-state index contributed by atoms with van der Waals surface area (Å²) in [5.41, 5.74) is -0.230. The van der Waals surface area contributed by atoms with E-state index in [4.69, 9.17) is 19.9 Å². The number of ketones is 1. The lowest BCUT2D eigenvalue weighted by atomic mass is 9.89. The number of oxime groups is 2. The van der Waals surface area contributed by atoms with E-state index >= 15 is 0 Å². The van der Waals surface area contributed by atoms with Crippen LogP contribution in [0.5, 0.6) is 0 Å². The van der Waals surface area contributed by atoms with Crippen LogP contribution < -0.4 is 0 Å². The summed E-state index contributed by atoms with van der Waals surface area (Å²) in [6.45, 7) is 0.817. The first-order valence-corrected chi connectivity index (χ1v) is 4.45. The molecule has 0 bridgehead atoms. The molecule has 0 unspecified atom stereocenters. The smallest absolute Gasteiger partial charge is 0.228 e. The molecule has 0 aromatic rings. The number of carbonyl (C=O) groups is 1. The maximum absolute atomic E-state index is 11.4. The second-order valence-corrected chi connectivity index (χ2v) is 3.38. The van der Waals surface area contributed by atoms with E-state index in [1.54, 1.807) is 0 Å². The molecule has 82 valence electrons. The van der Waals surface area contributed by atoms with Gasteiger partial charge < -0.3 is 19.9 Å². The van der Waals surface area contributed by atoms with Gasteiger partial charge in [0.1, 0.15) is 11.4 Å². The zero-order valence-electron chi connectivity index (χ0n) is 7.84. The van der Waals surface area contributed by atoms with Crippen molar-refractivity contribution in [3.63, 3.8) is 0 Å². The molecule has 1 aliphatic carbocycles. The Kier molecular flexibility index (Phi) is 2.41. The van der Waals surface area contributed by atoms with Crippen molar-refractivity contribution in [2.75, 3.05) is 13.2 Å². The Morgan fingerprint density at radius 1 is 1.07 bits per heavy atom. The lowest BCUT2D eigenvalue weighted by Crippen LogP contribution is -2.46. The summed E-state index contributed by atoms with van der Waals surface area (Å²) in [6.07, 6.45) is 0.142. The Bertz CT molecular complexity index is 317. The predicted octanol–water partition coefficient (Wildman–Crippen LogP) is -0.247. The number of nitrogens with zero attached hydrogens (tertiary/aromatic N) is 2. The lowest BCUT2D eigenvalue weighted by molar-refractivity contribution is -0.149. The molecule has 2 N–H and O–H groups in total. The van der Waals surface area contributed by atoms with Crippen molar-refractivity contribution >= 4 is 17.2 Å². The molecule has 1 saturated carbocycles. The maximum atomic E-state index is 11.4. The number of rotatable bonds is 0. The van der Waals surface area contributed by atoms with Crippen LogP contribution in [-0.4, -0.2) is 46.6 Å². The van der Waals surface area contributed by atoms with Gasteiger partial charge in [-0.2, -0.15) is 0 Å². The summed E-state index contributed by atoms with van der Waals surface area (Å²) in [7, 11) is 0. The summed E-state index contributed by atoms with van der Waals surface area (Å²) in [5.74, 6) is -1.58. The molecule has 2 rings (SSSR count). The van der Waals surface area contributed by atoms with E-state index in [1.165, 1.54) is 0 Å². The molecule has 2 fully saturated rings. The molecule has 2 aliphatic rings. The van der Waals surface area contributed by atoms with Crippen molar-refractivity contribution < 1.29 is 24.7 Å². The first kappa shape index (κ1) is 10.1. The molecule has 0 aromatic heterocycles. The summed E-state index contributed by atoms with van der Waals surface area (Å²) < 4.78 is 10.7. The first-order chi connectivity index (χ1) is 7.21. The van der Waals surface area contributed by atoms with Gasteiger partial charge in [0.15, 0.2) is 5.79 Å². The topological polar surface area (TPSA) is 101 Å². The Morgan fingerprint density at radius 2 is 1.53 bits per heavy atom. The standard InChI is InChI=1S/C8H10N2O5/c11-7-5(9-12)3-8(4-6(7)10-13)14-1-2-15-8/h12-13H,1-4H2. The Balaban J connectivity index is 2.30. The fraction of sp³-hybridized carbons (Fsp3) is 0.625. The quantitative estimate of drug-likeness (QED) is 0.428. The highest BCUT2D eigenvalue weighted by atomic mass is 16.7. The molecule has 1 spiro atoms. The van der Waals surface area contributed by atoms with E-state index < -0.39 is 11.6 Å². The normalized spacial score (nSPS) is 30.5. The second-order valence-electron chi connectivity index (χ2n) is 3.38. The van der Waals surface area contributed by atoms with Crippen molar-refractivity contribution in [2.24, 2.45) is 10.3 Å². The van der Waals surface area contributed by atoms with Gasteiger partial charge in [0, 0.05) is 0 Å². The molecule has 7 nitrogen and oxygen atoms in total. The number of carbonyl (C=O) groups excluding carboxylic acids is 1. The van der Waals surface area contributed by atoms with Gasteiger partial charge in [-0.1, -0.05) is 10.3 Å². The minimum absolute atomic E-state index is 0.0708. The highest BCUT2D eigenvalue weighted by Gasteiger charge is 2.47. The summed E-state index contributed by atoms with van der Waals surface area (Å²) in [4.78, 5) is 11.4. The van der Waals surface area contributed by atoms with E-state index in [2.05, 4.69) is 10.3 Å². The van der Waals surface area contributed by atoms with Crippen molar-refractivity contribution in [1.82, 2.24) is 0 Å². The molecule has 1 aliphatic heterocycles. The van der Waals surface area contributed by atoms with Crippen molar-refractivity contribution in [3.05, 3.63) is 0 Å². The van der Waals surface area contributed by atoms with Gasteiger partial charge >= 0.3 is 0 Å². The molecule has 0 radical (unpaired) electrons. The predicted molar refractivity (Wildman–Crippen MR) is 47.3 cm³/mol. The Labute approximate surface area is 85.0 Å². The Morgan fingerprint density at radius 3 is 1.93 bits per heavy atom.